The Morgan fingerprint density at radius 1 is 0.893 bits per heavy atom. The van der Waals surface area contributed by atoms with Crippen LogP contribution in [0.5, 0.6) is 11.5 Å². The zero-order chi connectivity index (χ0) is 19.3. The lowest BCUT2D eigenvalue weighted by Gasteiger charge is -2.03. The molecule has 0 aliphatic heterocycles. The Kier molecular flexibility index (Phi) is 3.58. The number of aromatic nitrogens is 3. The zero-order valence-corrected chi connectivity index (χ0v) is 15.4. The van der Waals surface area contributed by atoms with Crippen molar-refractivity contribution in [1.82, 2.24) is 15.0 Å². The molecular formula is C22H17N3O3. The highest BCUT2D eigenvalue weighted by atomic mass is 16.5. The van der Waals surface area contributed by atoms with E-state index in [1.807, 2.05) is 42.5 Å². The third-order valence-electron chi connectivity index (χ3n) is 5.08. The van der Waals surface area contributed by atoms with Gasteiger partial charge in [-0.2, -0.15) is 0 Å². The van der Waals surface area contributed by atoms with Crippen LogP contribution in [0.25, 0.3) is 32.7 Å². The number of ketones is 1. The average Bonchev–Trinajstić information content (AvgIpc) is 3.33. The number of pyridine rings is 1. The molecule has 0 atom stereocenters. The van der Waals surface area contributed by atoms with Crippen LogP contribution in [0.4, 0.5) is 0 Å². The molecule has 3 aromatic heterocycles. The molecular weight excluding hydrogens is 354 g/mol. The minimum atomic E-state index is -0.149. The van der Waals surface area contributed by atoms with E-state index in [4.69, 9.17) is 9.47 Å². The molecule has 0 fully saturated rings. The number of carbonyl (C=O) groups is 1. The molecule has 0 aliphatic carbocycles. The normalized spacial score (nSPS) is 11.4. The van der Waals surface area contributed by atoms with E-state index < -0.39 is 0 Å². The van der Waals surface area contributed by atoms with Crippen molar-refractivity contribution in [2.24, 2.45) is 0 Å². The molecule has 138 valence electrons. The number of nitrogens with zero attached hydrogens (tertiary/aromatic N) is 1. The van der Waals surface area contributed by atoms with Gasteiger partial charge in [0.2, 0.25) is 5.78 Å². The molecule has 0 saturated carbocycles. The highest BCUT2D eigenvalue weighted by Gasteiger charge is 2.20. The van der Waals surface area contributed by atoms with E-state index >= 15 is 0 Å². The first-order chi connectivity index (χ1) is 13.7. The Morgan fingerprint density at radius 2 is 1.61 bits per heavy atom. The summed E-state index contributed by atoms with van der Waals surface area (Å²) in [6, 6.07) is 13.3. The number of carbonyl (C=O) groups excluding carboxylic acids is 1. The van der Waals surface area contributed by atoms with E-state index in [0.717, 1.165) is 32.9 Å². The van der Waals surface area contributed by atoms with Crippen LogP contribution in [0.1, 0.15) is 16.1 Å². The van der Waals surface area contributed by atoms with Crippen LogP contribution in [0.15, 0.2) is 54.9 Å². The highest BCUT2D eigenvalue weighted by Crippen LogP contribution is 2.32. The molecule has 3 heterocycles. The molecule has 6 nitrogen and oxygen atoms in total. The number of H-pyrrole nitrogens is 2. The fourth-order valence-electron chi connectivity index (χ4n) is 3.64. The summed E-state index contributed by atoms with van der Waals surface area (Å²) in [6.07, 6.45) is 3.39. The van der Waals surface area contributed by atoms with Gasteiger partial charge in [0, 0.05) is 45.1 Å². The minimum Gasteiger partial charge on any atom is -0.497 e. The Labute approximate surface area is 160 Å². The maximum absolute atomic E-state index is 13.4. The lowest BCUT2D eigenvalue weighted by Crippen LogP contribution is -2.04. The van der Waals surface area contributed by atoms with Gasteiger partial charge in [-0.05, 0) is 42.5 Å². The molecule has 0 aliphatic rings. The summed E-state index contributed by atoms with van der Waals surface area (Å²) >= 11 is 0. The Balaban J connectivity index is 1.72. The summed E-state index contributed by atoms with van der Waals surface area (Å²) in [4.78, 5) is 24.2. The zero-order valence-electron chi connectivity index (χ0n) is 15.4. The summed E-state index contributed by atoms with van der Waals surface area (Å²) in [5.41, 5.74) is 3.46. The maximum Gasteiger partial charge on any atom is 0.215 e. The average molecular weight is 371 g/mol. The van der Waals surface area contributed by atoms with E-state index in [-0.39, 0.29) is 5.78 Å². The molecule has 28 heavy (non-hydrogen) atoms. The number of ether oxygens (including phenoxy) is 2. The van der Waals surface area contributed by atoms with Gasteiger partial charge in [0.25, 0.3) is 0 Å². The van der Waals surface area contributed by atoms with Crippen molar-refractivity contribution < 1.29 is 14.3 Å². The quantitative estimate of drug-likeness (QED) is 0.458. The van der Waals surface area contributed by atoms with Gasteiger partial charge in [-0.25, -0.2) is 0 Å². The van der Waals surface area contributed by atoms with Crippen LogP contribution < -0.4 is 9.47 Å². The molecule has 5 aromatic rings. The van der Waals surface area contributed by atoms with Crippen LogP contribution in [-0.4, -0.2) is 35.0 Å². The lowest BCUT2D eigenvalue weighted by atomic mass is 10.0. The second kappa shape index (κ2) is 6.13. The van der Waals surface area contributed by atoms with Crippen molar-refractivity contribution in [3.8, 4) is 11.5 Å². The molecule has 0 spiro atoms. The number of hydrogen-bond donors (Lipinski definition) is 2. The smallest absolute Gasteiger partial charge is 0.215 e. The first kappa shape index (κ1) is 16.4. The van der Waals surface area contributed by atoms with Gasteiger partial charge < -0.3 is 19.4 Å². The number of hydrogen-bond acceptors (Lipinski definition) is 4. The Hall–Kier alpha value is -3.80. The maximum atomic E-state index is 13.4. The standard InChI is InChI=1S/C22H17N3O3/c1-27-12-3-5-18-16(10-12)17(11-24-18)22(26)21-20-14(7-8-23-21)15-9-13(28-2)4-6-19(15)25-20/h3-11,24-25H,1-2H3. The first-order valence-corrected chi connectivity index (χ1v) is 8.84. The fraction of sp³-hybridized carbons (Fsp3) is 0.0909. The van der Waals surface area contributed by atoms with E-state index in [0.29, 0.717) is 22.5 Å². The monoisotopic (exact) mass is 371 g/mol. The van der Waals surface area contributed by atoms with Crippen LogP contribution in [0, 0.1) is 0 Å². The summed E-state index contributed by atoms with van der Waals surface area (Å²) < 4.78 is 10.6. The molecule has 0 radical (unpaired) electrons. The van der Waals surface area contributed by atoms with Gasteiger partial charge in [0.15, 0.2) is 0 Å². The molecule has 0 bridgehead atoms. The van der Waals surface area contributed by atoms with E-state index in [1.54, 1.807) is 26.6 Å². The highest BCUT2D eigenvalue weighted by molar-refractivity contribution is 6.22. The van der Waals surface area contributed by atoms with Crippen molar-refractivity contribution in [1.29, 1.82) is 0 Å². The number of benzene rings is 2. The SMILES string of the molecule is COc1ccc2[nH]cc(C(=O)c3nccc4c3[nH]c3ccc(OC)cc34)c2c1. The molecule has 0 saturated heterocycles. The van der Waals surface area contributed by atoms with Crippen molar-refractivity contribution >= 4 is 38.5 Å². The van der Waals surface area contributed by atoms with Crippen molar-refractivity contribution in [3.05, 3.63) is 66.1 Å². The second-order valence-corrected chi connectivity index (χ2v) is 6.56. The molecule has 0 amide bonds. The van der Waals surface area contributed by atoms with Crippen molar-refractivity contribution in [3.63, 3.8) is 0 Å². The van der Waals surface area contributed by atoms with E-state index in [9.17, 15) is 4.79 Å². The summed E-state index contributed by atoms with van der Waals surface area (Å²) in [5, 5.41) is 2.73. The third-order valence-corrected chi connectivity index (χ3v) is 5.08. The van der Waals surface area contributed by atoms with Crippen molar-refractivity contribution in [2.75, 3.05) is 14.2 Å². The predicted molar refractivity (Wildman–Crippen MR) is 108 cm³/mol. The minimum absolute atomic E-state index is 0.149. The molecule has 0 unspecified atom stereocenters. The van der Waals surface area contributed by atoms with E-state index in [2.05, 4.69) is 15.0 Å². The van der Waals surface area contributed by atoms with Gasteiger partial charge in [-0.15, -0.1) is 0 Å². The molecule has 2 aromatic carbocycles. The molecule has 2 N–H and O–H groups in total. The lowest BCUT2D eigenvalue weighted by molar-refractivity contribution is 0.103. The number of nitrogens with one attached hydrogen (secondary N) is 2. The third kappa shape index (κ3) is 2.35. The first-order valence-electron chi connectivity index (χ1n) is 8.84. The fourth-order valence-corrected chi connectivity index (χ4v) is 3.64. The van der Waals surface area contributed by atoms with Gasteiger partial charge in [0.05, 0.1) is 19.7 Å². The number of fused-ring (bicyclic) bond motifs is 4. The molecule has 6 heteroatoms. The van der Waals surface area contributed by atoms with Crippen LogP contribution >= 0.6 is 0 Å². The van der Waals surface area contributed by atoms with Gasteiger partial charge in [-0.1, -0.05) is 0 Å². The van der Waals surface area contributed by atoms with Crippen molar-refractivity contribution in [2.45, 2.75) is 0 Å². The van der Waals surface area contributed by atoms with Gasteiger partial charge >= 0.3 is 0 Å². The number of rotatable bonds is 4. The summed E-state index contributed by atoms with van der Waals surface area (Å²) in [7, 11) is 3.24. The topological polar surface area (TPSA) is 80.0 Å². The van der Waals surface area contributed by atoms with Gasteiger partial charge in [-0.3, -0.25) is 9.78 Å². The largest absolute Gasteiger partial charge is 0.497 e. The number of methoxy groups -OCH3 is 2. The Morgan fingerprint density at radius 3 is 2.36 bits per heavy atom. The molecule has 5 rings (SSSR count). The second-order valence-electron chi connectivity index (χ2n) is 6.56. The summed E-state index contributed by atoms with van der Waals surface area (Å²) in [5.74, 6) is 1.32. The summed E-state index contributed by atoms with van der Waals surface area (Å²) in [6.45, 7) is 0. The van der Waals surface area contributed by atoms with Crippen LogP contribution in [0.3, 0.4) is 0 Å². The predicted octanol–water partition coefficient (Wildman–Crippen LogP) is 4.45. The van der Waals surface area contributed by atoms with E-state index in [1.165, 1.54) is 0 Å². The van der Waals surface area contributed by atoms with Crippen LogP contribution in [-0.2, 0) is 0 Å². The Bertz CT molecular complexity index is 1360. The van der Waals surface area contributed by atoms with Crippen LogP contribution in [0.2, 0.25) is 0 Å². The number of aromatic amines is 2. The van der Waals surface area contributed by atoms with Gasteiger partial charge in [0.1, 0.15) is 17.2 Å².